The van der Waals surface area contributed by atoms with Crippen molar-refractivity contribution in [3.63, 3.8) is 0 Å². The molecule has 19 heavy (non-hydrogen) atoms. The van der Waals surface area contributed by atoms with Gasteiger partial charge in [0.25, 0.3) is 0 Å². The third kappa shape index (κ3) is 5.47. The zero-order valence-electron chi connectivity index (χ0n) is 11.6. The summed E-state index contributed by atoms with van der Waals surface area (Å²) in [5.41, 5.74) is 0.741. The topological polar surface area (TPSA) is 43.4 Å². The van der Waals surface area contributed by atoms with Crippen molar-refractivity contribution in [1.82, 2.24) is 0 Å². The molecule has 0 atom stereocenters. The van der Waals surface area contributed by atoms with Crippen LogP contribution in [0.15, 0.2) is 29.2 Å². The predicted octanol–water partition coefficient (Wildman–Crippen LogP) is 3.57. The monoisotopic (exact) mass is 280 g/mol. The quantitative estimate of drug-likeness (QED) is 0.435. The predicted molar refractivity (Wildman–Crippen MR) is 77.6 cm³/mol. The number of rotatable bonds is 7. The molecule has 0 saturated heterocycles. The number of Topliss-reactive ketones (excluding diaryl/α,β-unsaturated/α-hetero) is 1. The smallest absolute Gasteiger partial charge is 0.306 e. The average molecular weight is 280 g/mol. The van der Waals surface area contributed by atoms with E-state index >= 15 is 0 Å². The van der Waals surface area contributed by atoms with Gasteiger partial charge >= 0.3 is 5.97 Å². The minimum absolute atomic E-state index is 0.0160. The molecule has 0 N–H and O–H groups in total. The first-order chi connectivity index (χ1) is 9.04. The van der Waals surface area contributed by atoms with Crippen LogP contribution in [0.1, 0.15) is 37.6 Å². The lowest BCUT2D eigenvalue weighted by Gasteiger charge is -2.06. The Balaban J connectivity index is 2.44. The van der Waals surface area contributed by atoms with Crippen molar-refractivity contribution in [2.45, 2.75) is 32.1 Å². The molecule has 0 fully saturated rings. The number of ketones is 1. The van der Waals surface area contributed by atoms with E-state index in [-0.39, 0.29) is 17.7 Å². The highest BCUT2D eigenvalue weighted by atomic mass is 32.2. The van der Waals surface area contributed by atoms with E-state index in [4.69, 9.17) is 4.74 Å². The zero-order valence-corrected chi connectivity index (χ0v) is 12.5. The maximum absolute atomic E-state index is 11.8. The number of benzene rings is 1. The van der Waals surface area contributed by atoms with Crippen LogP contribution in [0, 0.1) is 5.92 Å². The summed E-state index contributed by atoms with van der Waals surface area (Å²) < 4.78 is 4.86. The van der Waals surface area contributed by atoms with Gasteiger partial charge in [-0.1, -0.05) is 26.0 Å². The van der Waals surface area contributed by atoms with Gasteiger partial charge in [0.05, 0.1) is 13.0 Å². The highest BCUT2D eigenvalue weighted by Gasteiger charge is 2.10. The van der Waals surface area contributed by atoms with E-state index in [0.717, 1.165) is 10.5 Å². The second-order valence-corrected chi connectivity index (χ2v) is 5.62. The standard InChI is InChI=1S/C15H20O3S/c1-4-18-14(16)9-10-19-13-7-5-12(6-8-13)15(17)11(2)3/h5-8,11H,4,9-10H2,1-3H3. The first kappa shape index (κ1) is 15.8. The summed E-state index contributed by atoms with van der Waals surface area (Å²) in [6.45, 7) is 6.01. The number of ether oxygens (including phenoxy) is 1. The number of esters is 1. The van der Waals surface area contributed by atoms with E-state index in [1.165, 1.54) is 0 Å². The van der Waals surface area contributed by atoms with Gasteiger partial charge in [0, 0.05) is 22.1 Å². The van der Waals surface area contributed by atoms with Crippen molar-refractivity contribution < 1.29 is 14.3 Å². The van der Waals surface area contributed by atoms with Gasteiger partial charge in [0.2, 0.25) is 0 Å². The molecule has 4 heteroatoms. The molecule has 0 radical (unpaired) electrons. The molecule has 3 nitrogen and oxygen atoms in total. The summed E-state index contributed by atoms with van der Waals surface area (Å²) in [5.74, 6) is 0.697. The summed E-state index contributed by atoms with van der Waals surface area (Å²) >= 11 is 1.59. The molecule has 0 aliphatic rings. The van der Waals surface area contributed by atoms with Crippen LogP contribution in [0.3, 0.4) is 0 Å². The molecular formula is C15H20O3S. The molecular weight excluding hydrogens is 260 g/mol. The van der Waals surface area contributed by atoms with Gasteiger partial charge in [0.15, 0.2) is 5.78 Å². The molecule has 0 amide bonds. The lowest BCUT2D eigenvalue weighted by molar-refractivity contribution is -0.142. The summed E-state index contributed by atoms with van der Waals surface area (Å²) in [6.07, 6.45) is 0.408. The molecule has 1 rings (SSSR count). The fourth-order valence-electron chi connectivity index (χ4n) is 1.53. The van der Waals surface area contributed by atoms with Crippen LogP contribution in [0.25, 0.3) is 0 Å². The van der Waals surface area contributed by atoms with Gasteiger partial charge in [-0.05, 0) is 19.1 Å². The lowest BCUT2D eigenvalue weighted by atomic mass is 10.0. The first-order valence-corrected chi connectivity index (χ1v) is 7.45. The minimum Gasteiger partial charge on any atom is -0.466 e. The number of carbonyl (C=O) groups is 2. The van der Waals surface area contributed by atoms with Gasteiger partial charge in [0.1, 0.15) is 0 Å². The fraction of sp³-hybridized carbons (Fsp3) is 0.467. The van der Waals surface area contributed by atoms with Gasteiger partial charge in [-0.2, -0.15) is 0 Å². The molecule has 0 aliphatic heterocycles. The molecule has 1 aromatic carbocycles. The third-order valence-corrected chi connectivity index (χ3v) is 3.56. The number of thioether (sulfide) groups is 1. The Hall–Kier alpha value is -1.29. The van der Waals surface area contributed by atoms with Crippen molar-refractivity contribution >= 4 is 23.5 Å². The Bertz CT molecular complexity index is 424. The Morgan fingerprint density at radius 3 is 2.37 bits per heavy atom. The zero-order chi connectivity index (χ0) is 14.3. The SMILES string of the molecule is CCOC(=O)CCSc1ccc(C(=O)C(C)C)cc1. The van der Waals surface area contributed by atoms with E-state index in [0.29, 0.717) is 18.8 Å². The molecule has 0 spiro atoms. The Morgan fingerprint density at radius 2 is 1.84 bits per heavy atom. The molecule has 0 heterocycles. The summed E-state index contributed by atoms with van der Waals surface area (Å²) in [6, 6.07) is 7.53. The molecule has 0 aliphatic carbocycles. The molecule has 0 aromatic heterocycles. The third-order valence-electron chi connectivity index (χ3n) is 2.54. The van der Waals surface area contributed by atoms with Crippen LogP contribution in [0.4, 0.5) is 0 Å². The highest BCUT2D eigenvalue weighted by Crippen LogP contribution is 2.20. The summed E-state index contributed by atoms with van der Waals surface area (Å²) in [7, 11) is 0. The number of hydrogen-bond donors (Lipinski definition) is 0. The number of carbonyl (C=O) groups excluding carboxylic acids is 2. The van der Waals surface area contributed by atoms with Gasteiger partial charge < -0.3 is 4.74 Å². The van der Waals surface area contributed by atoms with Crippen LogP contribution in [0.5, 0.6) is 0 Å². The highest BCUT2D eigenvalue weighted by molar-refractivity contribution is 7.99. The normalized spacial score (nSPS) is 10.5. The van der Waals surface area contributed by atoms with Gasteiger partial charge in [-0.15, -0.1) is 11.8 Å². The minimum atomic E-state index is -0.165. The lowest BCUT2D eigenvalue weighted by Crippen LogP contribution is -2.07. The molecule has 0 saturated carbocycles. The van der Waals surface area contributed by atoms with E-state index in [1.54, 1.807) is 18.7 Å². The van der Waals surface area contributed by atoms with Crippen LogP contribution >= 0.6 is 11.8 Å². The maximum atomic E-state index is 11.8. The van der Waals surface area contributed by atoms with Crippen molar-refractivity contribution in [3.05, 3.63) is 29.8 Å². The van der Waals surface area contributed by atoms with E-state index in [9.17, 15) is 9.59 Å². The van der Waals surface area contributed by atoms with Crippen molar-refractivity contribution in [3.8, 4) is 0 Å². The second kappa shape index (κ2) is 8.00. The maximum Gasteiger partial charge on any atom is 0.306 e. The Morgan fingerprint density at radius 1 is 1.21 bits per heavy atom. The van der Waals surface area contributed by atoms with E-state index in [2.05, 4.69) is 0 Å². The molecule has 0 bridgehead atoms. The van der Waals surface area contributed by atoms with Gasteiger partial charge in [-0.25, -0.2) is 0 Å². The largest absolute Gasteiger partial charge is 0.466 e. The van der Waals surface area contributed by atoms with Crippen LogP contribution in [0.2, 0.25) is 0 Å². The Labute approximate surface area is 118 Å². The molecule has 1 aromatic rings. The summed E-state index contributed by atoms with van der Waals surface area (Å²) in [4.78, 5) is 24.0. The van der Waals surface area contributed by atoms with Crippen molar-refractivity contribution in [1.29, 1.82) is 0 Å². The van der Waals surface area contributed by atoms with Crippen LogP contribution < -0.4 is 0 Å². The second-order valence-electron chi connectivity index (χ2n) is 4.45. The average Bonchev–Trinajstić information content (AvgIpc) is 2.39. The summed E-state index contributed by atoms with van der Waals surface area (Å²) in [5, 5.41) is 0. The fourth-order valence-corrected chi connectivity index (χ4v) is 2.37. The molecule has 104 valence electrons. The van der Waals surface area contributed by atoms with Crippen molar-refractivity contribution in [2.24, 2.45) is 5.92 Å². The van der Waals surface area contributed by atoms with E-state index in [1.807, 2.05) is 38.1 Å². The Kier molecular flexibility index (Phi) is 6.64. The van der Waals surface area contributed by atoms with E-state index < -0.39 is 0 Å². The number of hydrogen-bond acceptors (Lipinski definition) is 4. The van der Waals surface area contributed by atoms with Crippen LogP contribution in [-0.4, -0.2) is 24.1 Å². The van der Waals surface area contributed by atoms with Crippen LogP contribution in [-0.2, 0) is 9.53 Å². The molecule has 0 unspecified atom stereocenters. The van der Waals surface area contributed by atoms with Crippen molar-refractivity contribution in [2.75, 3.05) is 12.4 Å². The first-order valence-electron chi connectivity index (χ1n) is 6.47. The van der Waals surface area contributed by atoms with Gasteiger partial charge in [-0.3, -0.25) is 9.59 Å².